The van der Waals surface area contributed by atoms with Gasteiger partial charge in [-0.2, -0.15) is 0 Å². The van der Waals surface area contributed by atoms with Crippen LogP contribution in [-0.2, 0) is 0 Å². The van der Waals surface area contributed by atoms with Crippen LogP contribution >= 0.6 is 22.9 Å². The molecule has 4 saturated carbocycles. The minimum absolute atomic E-state index is 0.471. The summed E-state index contributed by atoms with van der Waals surface area (Å²) in [7, 11) is 0. The second-order valence-electron chi connectivity index (χ2n) is 7.86. The summed E-state index contributed by atoms with van der Waals surface area (Å²) in [5.74, 6) is 3.12. The first-order valence-electron chi connectivity index (χ1n) is 8.64. The fourth-order valence-electron chi connectivity index (χ4n) is 6.03. The number of halogens is 1. The maximum atomic E-state index is 6.43. The fourth-order valence-corrected chi connectivity index (χ4v) is 7.30. The van der Waals surface area contributed by atoms with E-state index in [0.29, 0.717) is 11.5 Å². The van der Waals surface area contributed by atoms with E-state index in [2.05, 4.69) is 23.7 Å². The molecule has 1 aromatic heterocycles. The summed E-state index contributed by atoms with van der Waals surface area (Å²) in [5.41, 5.74) is 0.620. The molecular weight excluding hydrogens is 298 g/mol. The Morgan fingerprint density at radius 2 is 1.86 bits per heavy atom. The molecule has 5 rings (SSSR count). The Kier molecular flexibility index (Phi) is 3.84. The maximum absolute atomic E-state index is 6.43. The summed E-state index contributed by atoms with van der Waals surface area (Å²) >= 11 is 8.26. The highest BCUT2D eigenvalue weighted by molar-refractivity contribution is 7.10. The lowest BCUT2D eigenvalue weighted by molar-refractivity contribution is -0.0620. The van der Waals surface area contributed by atoms with Gasteiger partial charge >= 0.3 is 0 Å². The third-order valence-corrected chi connectivity index (χ3v) is 7.69. The first-order chi connectivity index (χ1) is 10.2. The van der Waals surface area contributed by atoms with Crippen molar-refractivity contribution in [1.82, 2.24) is 5.32 Å². The molecule has 21 heavy (non-hydrogen) atoms. The largest absolute Gasteiger partial charge is 0.309 e. The van der Waals surface area contributed by atoms with Gasteiger partial charge in [0.1, 0.15) is 0 Å². The molecule has 1 aromatic rings. The molecule has 4 bridgehead atoms. The summed E-state index contributed by atoms with van der Waals surface area (Å²) in [6.45, 7) is 3.25. The van der Waals surface area contributed by atoms with Crippen LogP contribution < -0.4 is 5.32 Å². The number of hydrogen-bond acceptors (Lipinski definition) is 2. The fraction of sp³-hybridized carbons (Fsp3) is 0.778. The van der Waals surface area contributed by atoms with Crippen molar-refractivity contribution in [2.45, 2.75) is 57.9 Å². The smallest absolute Gasteiger partial charge is 0.0561 e. The minimum Gasteiger partial charge on any atom is -0.309 e. The highest BCUT2D eigenvalue weighted by atomic mass is 35.5. The van der Waals surface area contributed by atoms with Crippen LogP contribution in [0.3, 0.4) is 0 Å². The van der Waals surface area contributed by atoms with Crippen molar-refractivity contribution < 1.29 is 0 Å². The summed E-state index contributed by atoms with van der Waals surface area (Å²) in [6, 6.07) is 2.53. The van der Waals surface area contributed by atoms with Gasteiger partial charge in [-0.25, -0.2) is 0 Å². The van der Waals surface area contributed by atoms with E-state index in [4.69, 9.17) is 11.6 Å². The number of hydrogen-bond donors (Lipinski definition) is 1. The van der Waals surface area contributed by atoms with Gasteiger partial charge in [-0.15, -0.1) is 11.3 Å². The number of thiophene rings is 1. The van der Waals surface area contributed by atoms with Crippen LogP contribution in [0.25, 0.3) is 0 Å². The van der Waals surface area contributed by atoms with Crippen LogP contribution in [0.15, 0.2) is 11.4 Å². The zero-order valence-corrected chi connectivity index (χ0v) is 14.5. The topological polar surface area (TPSA) is 12.0 Å². The van der Waals surface area contributed by atoms with Gasteiger partial charge < -0.3 is 5.32 Å². The zero-order valence-electron chi connectivity index (χ0n) is 12.9. The van der Waals surface area contributed by atoms with Crippen molar-refractivity contribution in [3.63, 3.8) is 0 Å². The monoisotopic (exact) mass is 323 g/mol. The van der Waals surface area contributed by atoms with E-state index in [1.165, 1.54) is 49.8 Å². The Labute approximate surface area is 137 Å². The van der Waals surface area contributed by atoms with E-state index in [-0.39, 0.29) is 0 Å². The van der Waals surface area contributed by atoms with Gasteiger partial charge in [0.05, 0.1) is 5.02 Å². The first kappa shape index (κ1) is 14.5. The highest BCUT2D eigenvalue weighted by Gasteiger charge is 2.51. The van der Waals surface area contributed by atoms with Gasteiger partial charge in [-0.3, -0.25) is 0 Å². The van der Waals surface area contributed by atoms with E-state index < -0.39 is 0 Å². The molecule has 3 heteroatoms. The molecule has 0 radical (unpaired) electrons. The average molecular weight is 324 g/mol. The molecular formula is C18H26ClNS. The van der Waals surface area contributed by atoms with E-state index in [1.807, 2.05) is 11.3 Å². The first-order valence-corrected chi connectivity index (χ1v) is 9.89. The minimum atomic E-state index is 0.471. The molecule has 116 valence electrons. The third-order valence-electron chi connectivity index (χ3n) is 6.21. The Morgan fingerprint density at radius 1 is 1.24 bits per heavy atom. The van der Waals surface area contributed by atoms with Crippen LogP contribution in [0.4, 0.5) is 0 Å². The molecule has 0 spiro atoms. The molecule has 1 nitrogen and oxygen atoms in total. The summed E-state index contributed by atoms with van der Waals surface area (Å²) in [6.07, 6.45) is 10.4. The molecule has 1 atom stereocenters. The van der Waals surface area contributed by atoms with Gasteiger partial charge in [0, 0.05) is 10.9 Å². The second-order valence-corrected chi connectivity index (χ2v) is 9.22. The van der Waals surface area contributed by atoms with Crippen molar-refractivity contribution in [2.24, 2.45) is 23.2 Å². The standard InChI is InChI=1S/C18H26ClNS/c1-2-20-16(17-15(19)3-4-21-17)11-18-8-12-5-13(9-18)7-14(6-12)10-18/h3-4,12-14,16,20H,2,5-11H2,1H3. The normalized spacial score (nSPS) is 38.9. The third kappa shape index (κ3) is 2.68. The SMILES string of the molecule is CCNC(CC12CC3CC(CC(C3)C1)C2)c1sccc1Cl. The van der Waals surface area contributed by atoms with Crippen molar-refractivity contribution >= 4 is 22.9 Å². The average Bonchev–Trinajstić information content (AvgIpc) is 2.82. The molecule has 4 aliphatic carbocycles. The van der Waals surface area contributed by atoms with Crippen LogP contribution in [0.2, 0.25) is 5.02 Å². The van der Waals surface area contributed by atoms with Gasteiger partial charge in [-0.1, -0.05) is 18.5 Å². The summed E-state index contributed by atoms with van der Waals surface area (Å²) in [5, 5.41) is 6.84. The van der Waals surface area contributed by atoms with E-state index in [9.17, 15) is 0 Å². The zero-order chi connectivity index (χ0) is 14.4. The Morgan fingerprint density at radius 3 is 2.33 bits per heavy atom. The van der Waals surface area contributed by atoms with Gasteiger partial charge in [0.15, 0.2) is 0 Å². The lowest BCUT2D eigenvalue weighted by atomic mass is 9.48. The summed E-state index contributed by atoms with van der Waals surface area (Å²) < 4.78 is 0. The Bertz CT molecular complexity index is 474. The van der Waals surface area contributed by atoms with Crippen LogP contribution in [0, 0.1) is 23.2 Å². The lowest BCUT2D eigenvalue weighted by Gasteiger charge is -2.57. The van der Waals surface area contributed by atoms with Crippen LogP contribution in [0.5, 0.6) is 0 Å². The molecule has 1 heterocycles. The summed E-state index contributed by atoms with van der Waals surface area (Å²) in [4.78, 5) is 1.37. The second kappa shape index (κ2) is 5.54. The van der Waals surface area contributed by atoms with Crippen molar-refractivity contribution in [1.29, 1.82) is 0 Å². The predicted molar refractivity (Wildman–Crippen MR) is 91.0 cm³/mol. The number of nitrogens with one attached hydrogen (secondary N) is 1. The highest BCUT2D eigenvalue weighted by Crippen LogP contribution is 2.62. The molecule has 0 aromatic carbocycles. The van der Waals surface area contributed by atoms with E-state index in [0.717, 1.165) is 29.3 Å². The van der Waals surface area contributed by atoms with E-state index >= 15 is 0 Å². The van der Waals surface area contributed by atoms with Gasteiger partial charge in [0.2, 0.25) is 0 Å². The molecule has 0 amide bonds. The van der Waals surface area contributed by atoms with Crippen molar-refractivity contribution in [2.75, 3.05) is 6.54 Å². The maximum Gasteiger partial charge on any atom is 0.0561 e. The van der Waals surface area contributed by atoms with Gasteiger partial charge in [-0.05, 0) is 86.1 Å². The van der Waals surface area contributed by atoms with E-state index in [1.54, 1.807) is 0 Å². The molecule has 0 aliphatic heterocycles. The van der Waals surface area contributed by atoms with Crippen LogP contribution in [-0.4, -0.2) is 6.54 Å². The molecule has 4 aliphatic rings. The number of rotatable bonds is 5. The molecule has 1 N–H and O–H groups in total. The molecule has 4 fully saturated rings. The predicted octanol–water partition coefficient (Wildman–Crippen LogP) is 5.66. The Balaban J connectivity index is 1.57. The van der Waals surface area contributed by atoms with Crippen molar-refractivity contribution in [3.05, 3.63) is 21.3 Å². The quantitative estimate of drug-likeness (QED) is 0.737. The Hall–Kier alpha value is -0.0500. The molecule has 0 saturated heterocycles. The lowest BCUT2D eigenvalue weighted by Crippen LogP contribution is -2.47. The van der Waals surface area contributed by atoms with Crippen LogP contribution in [0.1, 0.15) is 62.8 Å². The van der Waals surface area contributed by atoms with Crippen molar-refractivity contribution in [3.8, 4) is 0 Å². The van der Waals surface area contributed by atoms with Gasteiger partial charge in [0.25, 0.3) is 0 Å². The molecule has 1 unspecified atom stereocenters.